The topological polar surface area (TPSA) is 55.6 Å². The number of halogens is 1. The molecule has 1 atom stereocenters. The van der Waals surface area contributed by atoms with Crippen LogP contribution in [0.3, 0.4) is 0 Å². The number of likely N-dealkylation sites (N-methyl/N-ethyl adjacent to an activating group) is 1. The maximum Gasteiger partial charge on any atom is 0.270 e. The molecule has 0 saturated heterocycles. The predicted octanol–water partition coefficient (Wildman–Crippen LogP) is 6.62. The smallest absolute Gasteiger partial charge is 0.270 e. The molecule has 0 aliphatic carbocycles. The van der Waals surface area contributed by atoms with Crippen LogP contribution in [0.5, 0.6) is 5.75 Å². The number of nitro benzene ring substituents is 1. The van der Waals surface area contributed by atoms with E-state index in [9.17, 15) is 10.1 Å². The van der Waals surface area contributed by atoms with Crippen LogP contribution in [-0.2, 0) is 5.41 Å². The number of ether oxygens (including phenoxy) is 1. The molecule has 5 rings (SSSR count). The third-order valence-electron chi connectivity index (χ3n) is 6.31. The fraction of sp³-hybridized carbons (Fsp3) is 0.217. The van der Waals surface area contributed by atoms with Crippen LogP contribution in [0.4, 0.5) is 11.4 Å². The van der Waals surface area contributed by atoms with E-state index in [1.165, 1.54) is 17.2 Å². The van der Waals surface area contributed by atoms with Crippen LogP contribution in [0.25, 0.3) is 17.2 Å². The number of hydrogen-bond donors (Lipinski definition) is 0. The first-order valence-electron chi connectivity index (χ1n) is 9.53. The Kier molecular flexibility index (Phi) is 4.14. The van der Waals surface area contributed by atoms with Crippen molar-refractivity contribution in [1.82, 2.24) is 0 Å². The van der Waals surface area contributed by atoms with Gasteiger partial charge in [0.05, 0.1) is 14.1 Å². The molecule has 2 aliphatic rings. The molecule has 7 heteroatoms. The van der Waals surface area contributed by atoms with Crippen molar-refractivity contribution < 1.29 is 9.66 Å². The summed E-state index contributed by atoms with van der Waals surface area (Å²) in [7, 11) is 2.04. The lowest BCUT2D eigenvalue weighted by molar-refractivity contribution is -0.384. The largest absolute Gasteiger partial charge is 0.463 e. The summed E-state index contributed by atoms with van der Waals surface area (Å²) in [5.74, 6) is 0.650. The number of nitro groups is 1. The molecule has 0 saturated carbocycles. The van der Waals surface area contributed by atoms with Gasteiger partial charge >= 0.3 is 0 Å². The van der Waals surface area contributed by atoms with Gasteiger partial charge < -0.3 is 9.64 Å². The zero-order valence-corrected chi connectivity index (χ0v) is 19.1. The minimum atomic E-state index is -0.719. The van der Waals surface area contributed by atoms with Crippen molar-refractivity contribution in [2.75, 3.05) is 11.9 Å². The molecule has 0 amide bonds. The first kappa shape index (κ1) is 19.3. The van der Waals surface area contributed by atoms with Gasteiger partial charge in [-0.1, -0.05) is 6.07 Å². The van der Waals surface area contributed by atoms with E-state index in [4.69, 9.17) is 4.74 Å². The van der Waals surface area contributed by atoms with Crippen molar-refractivity contribution in [2.24, 2.45) is 0 Å². The van der Waals surface area contributed by atoms with Gasteiger partial charge in [0.15, 0.2) is 0 Å². The summed E-state index contributed by atoms with van der Waals surface area (Å²) >= 11 is 5.32. The summed E-state index contributed by atoms with van der Waals surface area (Å²) < 4.78 is 7.71. The van der Waals surface area contributed by atoms with E-state index in [-0.39, 0.29) is 16.0 Å². The van der Waals surface area contributed by atoms with Crippen molar-refractivity contribution in [2.45, 2.75) is 25.0 Å². The molecule has 0 radical (unpaired) electrons. The molecule has 5 nitrogen and oxygen atoms in total. The Bertz CT molecular complexity index is 1230. The molecule has 152 valence electrons. The summed E-state index contributed by atoms with van der Waals surface area (Å²) in [6.07, 6.45) is 3.96. The maximum atomic E-state index is 11.1. The number of benzene rings is 2. The van der Waals surface area contributed by atoms with Crippen LogP contribution in [0.1, 0.15) is 25.0 Å². The lowest BCUT2D eigenvalue weighted by Crippen LogP contribution is -2.58. The van der Waals surface area contributed by atoms with Gasteiger partial charge in [0.25, 0.3) is 5.69 Å². The zero-order chi connectivity index (χ0) is 21.3. The highest BCUT2D eigenvalue weighted by molar-refractivity contribution is 9.11. The minimum Gasteiger partial charge on any atom is -0.463 e. The van der Waals surface area contributed by atoms with E-state index in [0.717, 1.165) is 20.6 Å². The zero-order valence-electron chi connectivity index (χ0n) is 16.7. The molecule has 0 bridgehead atoms. The van der Waals surface area contributed by atoms with Crippen LogP contribution in [0.15, 0.2) is 57.7 Å². The van der Waals surface area contributed by atoms with E-state index in [1.54, 1.807) is 23.5 Å². The summed E-state index contributed by atoms with van der Waals surface area (Å²) in [4.78, 5) is 12.9. The highest BCUT2D eigenvalue weighted by Gasteiger charge is 2.57. The van der Waals surface area contributed by atoms with Crippen LogP contribution in [0, 0.1) is 10.1 Å². The first-order chi connectivity index (χ1) is 14.2. The highest BCUT2D eigenvalue weighted by Crippen LogP contribution is 2.55. The third-order valence-corrected chi connectivity index (χ3v) is 8.00. The maximum absolute atomic E-state index is 11.1. The quantitative estimate of drug-likeness (QED) is 0.304. The van der Waals surface area contributed by atoms with Crippen LogP contribution >= 0.6 is 27.3 Å². The number of nitrogens with zero attached hydrogens (tertiary/aromatic N) is 2. The molecule has 2 aliphatic heterocycles. The van der Waals surface area contributed by atoms with Crippen molar-refractivity contribution in [1.29, 1.82) is 0 Å². The lowest BCUT2D eigenvalue weighted by atomic mass is 9.76. The Morgan fingerprint density at radius 2 is 1.97 bits per heavy atom. The van der Waals surface area contributed by atoms with E-state index in [0.29, 0.717) is 5.75 Å². The summed E-state index contributed by atoms with van der Waals surface area (Å²) in [6, 6.07) is 13.4. The van der Waals surface area contributed by atoms with Gasteiger partial charge in [0, 0.05) is 36.0 Å². The molecule has 3 aromatic rings. The molecule has 0 fully saturated rings. The monoisotopic (exact) mass is 482 g/mol. The van der Waals surface area contributed by atoms with E-state index < -0.39 is 5.72 Å². The number of anilines is 1. The van der Waals surface area contributed by atoms with Crippen LogP contribution in [0.2, 0.25) is 0 Å². The molecule has 0 N–H and O–H groups in total. The second-order valence-electron chi connectivity index (χ2n) is 8.14. The van der Waals surface area contributed by atoms with Crippen molar-refractivity contribution in [3.05, 3.63) is 78.9 Å². The Morgan fingerprint density at radius 1 is 1.17 bits per heavy atom. The third kappa shape index (κ3) is 2.51. The van der Waals surface area contributed by atoms with E-state index >= 15 is 0 Å². The second-order valence-corrected chi connectivity index (χ2v) is 10.4. The molecule has 1 spiro atoms. The molecule has 1 aromatic heterocycles. The first-order valence-corrected chi connectivity index (χ1v) is 11.2. The average molecular weight is 483 g/mol. The summed E-state index contributed by atoms with van der Waals surface area (Å²) in [5.41, 5.74) is 4.37. The standard InChI is InChI=1S/C23H19BrN2O3S/c1-22(2)18-13-14(17-9-11-30-21(17)24)4-6-19(18)25(3)23(22)10-8-15-12-16(26(27)28)5-7-20(15)29-23/h4-13H,1-3H3/t23-/m1/s1. The molecular weight excluding hydrogens is 464 g/mol. The fourth-order valence-electron chi connectivity index (χ4n) is 4.58. The highest BCUT2D eigenvalue weighted by atomic mass is 79.9. The second kappa shape index (κ2) is 6.43. The fourth-order valence-corrected chi connectivity index (χ4v) is 5.90. The minimum absolute atomic E-state index is 0.0613. The van der Waals surface area contributed by atoms with Crippen molar-refractivity contribution in [3.63, 3.8) is 0 Å². The number of rotatable bonds is 2. The Morgan fingerprint density at radius 3 is 2.67 bits per heavy atom. The molecule has 3 heterocycles. The van der Waals surface area contributed by atoms with Gasteiger partial charge in [-0.15, -0.1) is 11.3 Å². The Balaban J connectivity index is 1.61. The Hall–Kier alpha value is -2.64. The SMILES string of the molecule is CN1c2ccc(-c3ccsc3Br)cc2C(C)(C)[C@]12C=Cc1cc([N+](=O)[O-])ccc1O2. The van der Waals surface area contributed by atoms with Crippen LogP contribution < -0.4 is 9.64 Å². The molecule has 0 unspecified atom stereocenters. The van der Waals surface area contributed by atoms with E-state index in [2.05, 4.69) is 64.3 Å². The molecular formula is C23H19BrN2O3S. The molecule has 2 aromatic carbocycles. The summed E-state index contributed by atoms with van der Waals surface area (Å²) in [5, 5.41) is 13.2. The molecule has 30 heavy (non-hydrogen) atoms. The number of non-ortho nitro benzene ring substituents is 1. The number of hydrogen-bond acceptors (Lipinski definition) is 5. The van der Waals surface area contributed by atoms with Gasteiger partial charge in [-0.25, -0.2) is 0 Å². The number of thiophene rings is 1. The summed E-state index contributed by atoms with van der Waals surface area (Å²) in [6.45, 7) is 4.37. The van der Waals surface area contributed by atoms with Crippen molar-refractivity contribution >= 4 is 44.7 Å². The Labute approximate surface area is 186 Å². The lowest BCUT2D eigenvalue weighted by Gasteiger charge is -2.45. The van der Waals surface area contributed by atoms with Gasteiger partial charge in [0.1, 0.15) is 5.75 Å². The van der Waals surface area contributed by atoms with Gasteiger partial charge in [-0.2, -0.15) is 0 Å². The number of fused-ring (bicyclic) bond motifs is 2. The average Bonchev–Trinajstić information content (AvgIpc) is 3.22. The van der Waals surface area contributed by atoms with Crippen LogP contribution in [-0.4, -0.2) is 17.7 Å². The predicted molar refractivity (Wildman–Crippen MR) is 124 cm³/mol. The van der Waals surface area contributed by atoms with Gasteiger partial charge in [0.2, 0.25) is 5.72 Å². The normalized spacial score (nSPS) is 20.7. The van der Waals surface area contributed by atoms with Crippen molar-refractivity contribution in [3.8, 4) is 16.9 Å². The van der Waals surface area contributed by atoms with Gasteiger partial charge in [-0.05, 0) is 82.7 Å². The van der Waals surface area contributed by atoms with E-state index in [1.807, 2.05) is 19.2 Å². The van der Waals surface area contributed by atoms with Gasteiger partial charge in [-0.3, -0.25) is 10.1 Å².